The molecule has 0 aliphatic heterocycles. The van der Waals surface area contributed by atoms with Gasteiger partial charge in [0, 0.05) is 6.42 Å². The summed E-state index contributed by atoms with van der Waals surface area (Å²) in [5.41, 5.74) is -0.440. The van der Waals surface area contributed by atoms with Crippen LogP contribution in [0.25, 0.3) is 0 Å². The van der Waals surface area contributed by atoms with Crippen LogP contribution in [0.4, 0.5) is 0 Å². The van der Waals surface area contributed by atoms with E-state index < -0.39 is 11.4 Å². The molecule has 0 radical (unpaired) electrons. The molecule has 86 valence electrons. The average molecular weight is 220 g/mol. The Labute approximate surface area is 95.1 Å². The average Bonchev–Trinajstić information content (AvgIpc) is 2.28. The molecule has 1 atom stereocenters. The first kappa shape index (κ1) is 12.4. The number of carboxylic acids is 1. The minimum absolute atomic E-state index is 0.233. The Morgan fingerprint density at radius 3 is 2.25 bits per heavy atom. The number of aliphatic carboxylic acids is 1. The molecule has 0 aliphatic rings. The van der Waals surface area contributed by atoms with Gasteiger partial charge in [0.25, 0.3) is 0 Å². The minimum atomic E-state index is -1.31. The molecule has 0 saturated carbocycles. The zero-order valence-corrected chi connectivity index (χ0v) is 9.56. The molecule has 0 aromatic heterocycles. The third-order valence-corrected chi connectivity index (χ3v) is 2.81. The van der Waals surface area contributed by atoms with Crippen LogP contribution >= 0.6 is 0 Å². The third kappa shape index (κ3) is 2.48. The quantitative estimate of drug-likeness (QED) is 0.774. The van der Waals surface area contributed by atoms with E-state index in [1.54, 1.807) is 6.92 Å². The molecule has 0 aliphatic carbocycles. The van der Waals surface area contributed by atoms with Crippen LogP contribution in [-0.2, 0) is 16.0 Å². The number of carbonyl (C=O) groups excluding carboxylic acids is 1. The van der Waals surface area contributed by atoms with Crippen molar-refractivity contribution < 1.29 is 14.7 Å². The summed E-state index contributed by atoms with van der Waals surface area (Å²) in [5.74, 6) is -1.29. The highest BCUT2D eigenvalue weighted by Gasteiger charge is 2.39. The zero-order valence-electron chi connectivity index (χ0n) is 9.56. The Morgan fingerprint density at radius 1 is 1.25 bits per heavy atom. The number of ketones is 1. The van der Waals surface area contributed by atoms with Gasteiger partial charge in [0.15, 0.2) is 0 Å². The van der Waals surface area contributed by atoms with Crippen molar-refractivity contribution in [1.29, 1.82) is 0 Å². The summed E-state index contributed by atoms with van der Waals surface area (Å²) < 4.78 is 0. The molecule has 1 rings (SSSR count). The van der Waals surface area contributed by atoms with Crippen LogP contribution in [0.3, 0.4) is 0 Å². The van der Waals surface area contributed by atoms with Gasteiger partial charge in [-0.25, -0.2) is 0 Å². The van der Waals surface area contributed by atoms with E-state index in [1.807, 2.05) is 30.3 Å². The molecule has 1 N–H and O–H groups in total. The normalized spacial score (nSPS) is 14.1. The van der Waals surface area contributed by atoms with Crippen LogP contribution in [0.15, 0.2) is 30.3 Å². The molecule has 1 aromatic carbocycles. The molecular weight excluding hydrogens is 204 g/mol. The molecule has 1 aromatic rings. The predicted molar refractivity (Wildman–Crippen MR) is 61.2 cm³/mol. The van der Waals surface area contributed by atoms with Crippen molar-refractivity contribution in [1.82, 2.24) is 0 Å². The number of Topliss-reactive ketones (excluding diaryl/α,β-unsaturated/α-hetero) is 1. The van der Waals surface area contributed by atoms with Crippen LogP contribution in [0.2, 0.25) is 0 Å². The molecule has 0 heterocycles. The lowest BCUT2D eigenvalue weighted by molar-refractivity contribution is -0.153. The van der Waals surface area contributed by atoms with Gasteiger partial charge in [-0.2, -0.15) is 0 Å². The Balaban J connectivity index is 2.97. The maximum absolute atomic E-state index is 11.7. The van der Waals surface area contributed by atoms with Crippen LogP contribution in [0.5, 0.6) is 0 Å². The van der Waals surface area contributed by atoms with Gasteiger partial charge >= 0.3 is 5.97 Å². The second-order valence-corrected chi connectivity index (χ2v) is 4.08. The monoisotopic (exact) mass is 220 g/mol. The van der Waals surface area contributed by atoms with Crippen LogP contribution in [0, 0.1) is 5.41 Å². The molecular formula is C13H16O3. The molecule has 0 bridgehead atoms. The molecule has 0 amide bonds. The van der Waals surface area contributed by atoms with Crippen molar-refractivity contribution in [3.8, 4) is 0 Å². The van der Waals surface area contributed by atoms with Crippen LogP contribution < -0.4 is 0 Å². The lowest BCUT2D eigenvalue weighted by Crippen LogP contribution is -2.38. The van der Waals surface area contributed by atoms with E-state index in [0.717, 1.165) is 5.56 Å². The Morgan fingerprint density at radius 2 is 1.81 bits per heavy atom. The fourth-order valence-corrected chi connectivity index (χ4v) is 1.69. The summed E-state index contributed by atoms with van der Waals surface area (Å²) in [6.07, 6.45) is 0.492. The zero-order chi connectivity index (χ0) is 12.2. The highest BCUT2D eigenvalue weighted by molar-refractivity contribution is 6.02. The van der Waals surface area contributed by atoms with E-state index in [4.69, 9.17) is 0 Å². The van der Waals surface area contributed by atoms with Gasteiger partial charge < -0.3 is 5.11 Å². The minimum Gasteiger partial charge on any atom is -0.480 e. The van der Waals surface area contributed by atoms with E-state index in [1.165, 1.54) is 6.92 Å². The second kappa shape index (κ2) is 4.92. The van der Waals surface area contributed by atoms with E-state index >= 15 is 0 Å². The van der Waals surface area contributed by atoms with Crippen LogP contribution in [0.1, 0.15) is 25.8 Å². The first-order chi connectivity index (χ1) is 7.50. The van der Waals surface area contributed by atoms with E-state index in [9.17, 15) is 14.7 Å². The van der Waals surface area contributed by atoms with E-state index in [-0.39, 0.29) is 18.6 Å². The SMILES string of the molecule is CCC(=O)C(C)(Cc1ccccc1)C(=O)O. The van der Waals surface area contributed by atoms with E-state index in [0.29, 0.717) is 0 Å². The van der Waals surface area contributed by atoms with Gasteiger partial charge in [0.1, 0.15) is 11.2 Å². The number of carbonyl (C=O) groups is 2. The maximum atomic E-state index is 11.7. The number of benzene rings is 1. The second-order valence-electron chi connectivity index (χ2n) is 4.08. The molecule has 0 fully saturated rings. The van der Waals surface area contributed by atoms with Gasteiger partial charge in [-0.1, -0.05) is 37.3 Å². The molecule has 3 nitrogen and oxygen atoms in total. The smallest absolute Gasteiger partial charge is 0.317 e. The number of hydrogen-bond donors (Lipinski definition) is 1. The van der Waals surface area contributed by atoms with E-state index in [2.05, 4.69) is 0 Å². The fraction of sp³-hybridized carbons (Fsp3) is 0.385. The number of carboxylic acid groups (broad SMARTS) is 1. The predicted octanol–water partition coefficient (Wildman–Crippen LogP) is 2.30. The molecule has 1 unspecified atom stereocenters. The molecule has 0 spiro atoms. The van der Waals surface area contributed by atoms with Gasteiger partial charge in [0.05, 0.1) is 0 Å². The molecule has 3 heteroatoms. The number of rotatable bonds is 5. The van der Waals surface area contributed by atoms with Gasteiger partial charge in [0.2, 0.25) is 0 Å². The Bertz CT molecular complexity index is 383. The molecule has 16 heavy (non-hydrogen) atoms. The number of hydrogen-bond acceptors (Lipinski definition) is 2. The first-order valence-corrected chi connectivity index (χ1v) is 5.31. The Hall–Kier alpha value is -1.64. The van der Waals surface area contributed by atoms with Crippen LogP contribution in [-0.4, -0.2) is 16.9 Å². The van der Waals surface area contributed by atoms with Crippen molar-refractivity contribution in [3.63, 3.8) is 0 Å². The van der Waals surface area contributed by atoms with Crippen molar-refractivity contribution in [2.24, 2.45) is 5.41 Å². The maximum Gasteiger partial charge on any atom is 0.317 e. The summed E-state index contributed by atoms with van der Waals surface area (Å²) >= 11 is 0. The Kier molecular flexibility index (Phi) is 3.82. The van der Waals surface area contributed by atoms with Gasteiger partial charge in [-0.15, -0.1) is 0 Å². The lowest BCUT2D eigenvalue weighted by atomic mass is 9.79. The highest BCUT2D eigenvalue weighted by Crippen LogP contribution is 2.25. The fourth-order valence-electron chi connectivity index (χ4n) is 1.69. The third-order valence-electron chi connectivity index (χ3n) is 2.81. The summed E-state index contributed by atoms with van der Waals surface area (Å²) in [6, 6.07) is 9.22. The summed E-state index contributed by atoms with van der Waals surface area (Å²) in [7, 11) is 0. The summed E-state index contributed by atoms with van der Waals surface area (Å²) in [5, 5.41) is 9.17. The van der Waals surface area contributed by atoms with Gasteiger partial charge in [-0.3, -0.25) is 9.59 Å². The standard InChI is InChI=1S/C13H16O3/c1-3-11(14)13(2,12(15)16)9-10-7-5-4-6-8-10/h4-8H,3,9H2,1-2H3,(H,15,16). The van der Waals surface area contributed by atoms with Crippen molar-refractivity contribution in [2.45, 2.75) is 26.7 Å². The van der Waals surface area contributed by atoms with Crippen molar-refractivity contribution in [2.75, 3.05) is 0 Å². The summed E-state index contributed by atoms with van der Waals surface area (Å²) in [6.45, 7) is 3.18. The lowest BCUT2D eigenvalue weighted by Gasteiger charge is -2.22. The van der Waals surface area contributed by atoms with Crippen molar-refractivity contribution >= 4 is 11.8 Å². The van der Waals surface area contributed by atoms with Crippen molar-refractivity contribution in [3.05, 3.63) is 35.9 Å². The molecule has 0 saturated heterocycles. The highest BCUT2D eigenvalue weighted by atomic mass is 16.4. The largest absolute Gasteiger partial charge is 0.480 e. The topological polar surface area (TPSA) is 54.4 Å². The van der Waals surface area contributed by atoms with Gasteiger partial charge in [-0.05, 0) is 18.9 Å². The summed E-state index contributed by atoms with van der Waals surface area (Å²) in [4.78, 5) is 22.9. The first-order valence-electron chi connectivity index (χ1n) is 5.31.